The van der Waals surface area contributed by atoms with Crippen molar-refractivity contribution < 1.29 is 29.0 Å². The Labute approximate surface area is 606 Å². The Balaban J connectivity index is 0.576. The van der Waals surface area contributed by atoms with Crippen molar-refractivity contribution in [3.8, 4) is 10.4 Å². The van der Waals surface area contributed by atoms with Gasteiger partial charge in [-0.25, -0.2) is 15.0 Å². The van der Waals surface area contributed by atoms with Gasteiger partial charge in [0.05, 0.1) is 50.7 Å². The average molecular weight is 1420 g/mol. The first-order chi connectivity index (χ1) is 48.3. The van der Waals surface area contributed by atoms with Gasteiger partial charge in [0.25, 0.3) is 5.91 Å². The summed E-state index contributed by atoms with van der Waals surface area (Å²) < 4.78 is 8.27. The molecule has 4 bridgehead atoms. The van der Waals surface area contributed by atoms with Crippen LogP contribution in [0.4, 0.5) is 22.6 Å². The van der Waals surface area contributed by atoms with E-state index in [4.69, 9.17) is 30.5 Å². The van der Waals surface area contributed by atoms with Crippen LogP contribution in [0.25, 0.3) is 26.2 Å². The molecule has 2 aromatic carbocycles. The number of hydrogen-bond acceptors (Lipinski definition) is 18. The van der Waals surface area contributed by atoms with E-state index in [9.17, 15) is 24.3 Å². The summed E-state index contributed by atoms with van der Waals surface area (Å²) in [5.74, 6) is 0.899. The maximum absolute atomic E-state index is 14.2. The first kappa shape index (κ1) is 74.9. The first-order valence-electron chi connectivity index (χ1n) is 37.1. The number of aromatic nitrogens is 5. The number of aliphatic hydroxyl groups excluding tert-OH is 1. The number of anilines is 4. The number of rotatable bonds is 32. The molecule has 7 N–H and O–H groups in total. The number of para-hydroxylation sites is 1. The van der Waals surface area contributed by atoms with Crippen molar-refractivity contribution in [1.82, 2.24) is 50.9 Å². The Hall–Kier alpha value is -7.24. The molecule has 4 aromatic heterocycles. The van der Waals surface area contributed by atoms with Gasteiger partial charge in [-0.05, 0) is 163 Å². The van der Waals surface area contributed by atoms with Crippen molar-refractivity contribution in [3.05, 3.63) is 106 Å². The van der Waals surface area contributed by atoms with E-state index in [-0.39, 0.29) is 70.2 Å². The molecule has 0 radical (unpaired) electrons. The quantitative estimate of drug-likeness (QED) is 0.0170. The highest BCUT2D eigenvalue weighted by Gasteiger charge is 2.66. The molecule has 544 valence electrons. The van der Waals surface area contributed by atoms with E-state index >= 15 is 0 Å². The highest BCUT2D eigenvalue weighted by molar-refractivity contribution is 7.22. The van der Waals surface area contributed by atoms with E-state index < -0.39 is 23.6 Å². The molecule has 6 atom stereocenters. The van der Waals surface area contributed by atoms with Crippen LogP contribution in [-0.4, -0.2) is 147 Å². The van der Waals surface area contributed by atoms with E-state index in [1.54, 1.807) is 35.9 Å². The number of unbranched alkanes of at least 4 members (excludes halogenated alkanes) is 10. The van der Waals surface area contributed by atoms with Crippen LogP contribution in [0.1, 0.15) is 221 Å². The number of pyridine rings is 1. The van der Waals surface area contributed by atoms with Crippen molar-refractivity contribution in [2.45, 2.75) is 227 Å². The standard InChI is InChI=1S/C79H110N14O6S2/c1-51-58-26-25-37-92(70(58)90-89-69(51)88-74-85-61-27-22-23-28-63(61)101-74)64-35-34-59(66(86-64)72(97)81-10)60(41-80)53(3)82-49-78-44-76(8)43-77(9,45-78)47-79(46-76,48-78)99-39-38-91(11)36-24-20-18-16-14-12-13-15-17-19-21-29-65(95)87-68(75(5,6)7)73(98)93-42-57(94)40-62(93)71(96)84-52(2)55-30-32-56(33-31-55)67-54(4)83-50-100-67/h22-23,27-28,30-35,41,50,52,57,62,68,94H,12-21,24-26,29,36-40,42-49,80H2,1-11H3,(H,81,97)(H,84,96)(H,87,95)(H,85,88,89)/b60-41+,82-53?/t52-,57+,62-,68+,76?,77?,78?,79?/m0/s1. The van der Waals surface area contributed by atoms with Crippen molar-refractivity contribution >= 4 is 90.4 Å². The van der Waals surface area contributed by atoms with Gasteiger partial charge in [0, 0.05) is 80.2 Å². The summed E-state index contributed by atoms with van der Waals surface area (Å²) in [7, 11) is 3.86. The van der Waals surface area contributed by atoms with Crippen LogP contribution in [0.2, 0.25) is 0 Å². The number of thiazole rings is 2. The van der Waals surface area contributed by atoms with E-state index in [1.807, 2.05) is 102 Å². The van der Waals surface area contributed by atoms with Gasteiger partial charge in [0.1, 0.15) is 23.6 Å². The average Bonchev–Trinajstić information content (AvgIpc) is 0.944. The van der Waals surface area contributed by atoms with E-state index in [2.05, 4.69) is 75.0 Å². The largest absolute Gasteiger partial charge is 0.404 e. The number of aliphatic hydroxyl groups is 1. The molecule has 2 aliphatic heterocycles. The van der Waals surface area contributed by atoms with Gasteiger partial charge in [0.2, 0.25) is 17.7 Å². The third kappa shape index (κ3) is 17.9. The summed E-state index contributed by atoms with van der Waals surface area (Å²) in [5, 5.41) is 33.3. The molecule has 12 rings (SSSR count). The molecular formula is C79H110N14O6S2. The lowest BCUT2D eigenvalue weighted by Crippen LogP contribution is -2.64. The molecule has 101 heavy (non-hydrogen) atoms. The Morgan fingerprint density at radius 2 is 1.55 bits per heavy atom. The highest BCUT2D eigenvalue weighted by atomic mass is 32.1. The molecule has 5 fully saturated rings. The topological polar surface area (TPSA) is 258 Å². The zero-order chi connectivity index (χ0) is 71.9. The molecular weight excluding hydrogens is 1310 g/mol. The lowest BCUT2D eigenvalue weighted by Gasteiger charge is -2.69. The van der Waals surface area contributed by atoms with Crippen molar-refractivity contribution in [3.63, 3.8) is 0 Å². The fraction of sp³-hybridized carbons (Fsp3) is 0.595. The maximum Gasteiger partial charge on any atom is 0.270 e. The van der Waals surface area contributed by atoms with Crippen LogP contribution >= 0.6 is 22.7 Å². The van der Waals surface area contributed by atoms with E-state index in [1.165, 1.54) is 56.3 Å². The molecule has 6 aliphatic rings. The van der Waals surface area contributed by atoms with Crippen LogP contribution in [0.5, 0.6) is 0 Å². The normalized spacial score (nSPS) is 23.3. The fourth-order valence-electron chi connectivity index (χ4n) is 18.0. The second-order valence-electron chi connectivity index (χ2n) is 32.0. The number of carbonyl (C=O) groups excluding carboxylic acids is 4. The number of benzene rings is 2. The predicted octanol–water partition coefficient (Wildman–Crippen LogP) is 14.3. The number of fused-ring (bicyclic) bond motifs is 2. The van der Waals surface area contributed by atoms with Crippen molar-refractivity contribution in [2.24, 2.45) is 32.4 Å². The van der Waals surface area contributed by atoms with Gasteiger partial charge in [-0.3, -0.25) is 24.2 Å². The number of carbonyl (C=O) groups is 4. The molecule has 2 unspecified atom stereocenters. The Kier molecular flexibility index (Phi) is 23.9. The minimum Gasteiger partial charge on any atom is -0.404 e. The van der Waals surface area contributed by atoms with Gasteiger partial charge >= 0.3 is 0 Å². The third-order valence-electron chi connectivity index (χ3n) is 22.0. The molecule has 4 aliphatic carbocycles. The predicted molar refractivity (Wildman–Crippen MR) is 407 cm³/mol. The molecule has 20 nitrogen and oxygen atoms in total. The lowest BCUT2D eigenvalue weighted by atomic mass is 9.39. The fourth-order valence-corrected chi connectivity index (χ4v) is 19.7. The summed E-state index contributed by atoms with van der Waals surface area (Å²) in [6.45, 7) is 22.8. The number of nitrogens with zero attached hydrogens (tertiary/aromatic N) is 9. The van der Waals surface area contributed by atoms with Gasteiger partial charge in [0.15, 0.2) is 16.8 Å². The lowest BCUT2D eigenvalue weighted by molar-refractivity contribution is -0.242. The summed E-state index contributed by atoms with van der Waals surface area (Å²) in [6.07, 6.45) is 22.1. The number of β-amino-alcohol motifs (C(OH)–C–C–N with tert-alkyl or cyclic N) is 1. The number of hydrogen-bond donors (Lipinski definition) is 6. The SMILES string of the molecule is CNC(=O)c1nc(N2CCCc3c2nnc(Nc2nc4ccccc4s2)c3C)ccc1/C(=C/N)C(C)=NCC12CC3(C)CC(C)(C1)CC(OCCN(C)CCCCCCCCCCCCCC(=O)N[C@H](C(=O)N1C[C@H](O)C[C@H]1C(=O)N[C@@H](C)c1ccc(-c4scnc4C)cc1)C(C)(C)C)(C3)C2. The van der Waals surface area contributed by atoms with Crippen LogP contribution in [0, 0.1) is 35.5 Å². The molecule has 22 heteroatoms. The summed E-state index contributed by atoms with van der Waals surface area (Å²) in [6, 6.07) is 18.0. The van der Waals surface area contributed by atoms with Gasteiger partial charge in [-0.2, -0.15) is 0 Å². The molecule has 6 heterocycles. The maximum atomic E-state index is 14.2. The Bertz CT molecular complexity index is 3920. The van der Waals surface area contributed by atoms with Gasteiger partial charge in [-0.15, -0.1) is 21.5 Å². The highest BCUT2D eigenvalue weighted by Crippen LogP contribution is 2.71. The van der Waals surface area contributed by atoms with E-state index in [0.29, 0.717) is 42.3 Å². The van der Waals surface area contributed by atoms with Crippen molar-refractivity contribution in [2.75, 3.05) is 63.6 Å². The number of ether oxygens (including phenoxy) is 1. The second-order valence-corrected chi connectivity index (χ2v) is 33.9. The summed E-state index contributed by atoms with van der Waals surface area (Å²) >= 11 is 3.18. The first-order valence-corrected chi connectivity index (χ1v) is 38.8. The minimum atomic E-state index is -0.844. The number of likely N-dealkylation sites (tertiary alicyclic amines) is 1. The smallest absolute Gasteiger partial charge is 0.270 e. The van der Waals surface area contributed by atoms with Gasteiger partial charge < -0.3 is 51.5 Å². The van der Waals surface area contributed by atoms with Gasteiger partial charge in [-0.1, -0.05) is 140 Å². The molecule has 4 saturated carbocycles. The Morgan fingerprint density at radius 1 is 0.861 bits per heavy atom. The van der Waals surface area contributed by atoms with Crippen LogP contribution < -0.4 is 31.9 Å². The van der Waals surface area contributed by atoms with Crippen molar-refractivity contribution in [1.29, 1.82) is 0 Å². The van der Waals surface area contributed by atoms with E-state index in [0.717, 1.165) is 150 Å². The molecule has 0 spiro atoms. The second kappa shape index (κ2) is 32.2. The van der Waals surface area contributed by atoms with Crippen LogP contribution in [0.3, 0.4) is 0 Å². The summed E-state index contributed by atoms with van der Waals surface area (Å²) in [4.78, 5) is 81.8. The third-order valence-corrected chi connectivity index (χ3v) is 24.0. The zero-order valence-electron chi connectivity index (χ0n) is 61.7. The summed E-state index contributed by atoms with van der Waals surface area (Å²) in [5.41, 5.74) is 16.3. The zero-order valence-corrected chi connectivity index (χ0v) is 63.4. The molecule has 4 amide bonds. The number of nitrogens with two attached hydrogens (primary N) is 1. The number of aliphatic imine (C=N–C) groups is 1. The molecule has 6 aromatic rings. The van der Waals surface area contributed by atoms with Crippen LogP contribution in [-0.2, 0) is 25.5 Å². The number of likely N-dealkylation sites (N-methyl/N-ethyl adjacent to an activating group) is 1. The number of allylic oxidation sites excluding steroid dienone is 1. The molecule has 1 saturated heterocycles. The number of amides is 4. The van der Waals surface area contributed by atoms with Crippen LogP contribution in [0.15, 0.2) is 77.4 Å². The number of nitrogens with one attached hydrogen (secondary N) is 4. The monoisotopic (exact) mass is 1410 g/mol. The Morgan fingerprint density at radius 3 is 2.22 bits per heavy atom. The number of aryl methyl sites for hydroxylation is 1. The minimum absolute atomic E-state index is 0.00150.